The zero-order valence-corrected chi connectivity index (χ0v) is 8.60. The van der Waals surface area contributed by atoms with Gasteiger partial charge in [0.15, 0.2) is 0 Å². The van der Waals surface area contributed by atoms with Crippen LogP contribution in [-0.4, -0.2) is 11.0 Å². The number of pyridine rings is 1. The summed E-state index contributed by atoms with van der Waals surface area (Å²) in [6, 6.07) is 4.62. The number of rotatable bonds is 1. The van der Waals surface area contributed by atoms with Gasteiger partial charge in [0.1, 0.15) is 0 Å². The fourth-order valence-electron chi connectivity index (χ4n) is 0.484. The molecule has 1 aromatic rings. The molecule has 0 amide bonds. The van der Waals surface area contributed by atoms with Gasteiger partial charge in [-0.1, -0.05) is 6.07 Å². The van der Waals surface area contributed by atoms with Crippen molar-refractivity contribution < 1.29 is 42.1 Å². The van der Waals surface area contributed by atoms with Crippen LogP contribution in [0.1, 0.15) is 10.5 Å². The van der Waals surface area contributed by atoms with E-state index >= 15 is 0 Å². The maximum absolute atomic E-state index is 10.0. The monoisotopic (exact) mass is 349 g/mol. The van der Waals surface area contributed by atoms with E-state index in [1.165, 1.54) is 12.3 Å². The molecule has 11 heavy (non-hydrogen) atoms. The Bertz CT molecular complexity index is 217. The van der Waals surface area contributed by atoms with Crippen LogP contribution in [0.4, 0.5) is 0 Å². The maximum Gasteiger partial charge on any atom is 2.00 e. The predicted octanol–water partition coefficient (Wildman–Crippen LogP) is -3.55. The van der Waals surface area contributed by atoms with Gasteiger partial charge in [-0.2, -0.15) is 0 Å². The zero-order valence-electron chi connectivity index (χ0n) is 5.30. The van der Waals surface area contributed by atoms with Crippen molar-refractivity contribution >= 4 is 5.97 Å². The third-order valence-electron chi connectivity index (χ3n) is 0.874. The largest absolute Gasteiger partial charge is 2.00 e. The molecule has 0 N–H and O–H groups in total. The van der Waals surface area contributed by atoms with Crippen LogP contribution in [0.5, 0.6) is 0 Å². The quantitative estimate of drug-likeness (QED) is 0.528. The minimum atomic E-state index is -1.24. The zero-order chi connectivity index (χ0) is 6.69. The van der Waals surface area contributed by atoms with Crippen LogP contribution in [0.3, 0.4) is 0 Å². The molecule has 0 radical (unpaired) electrons. The molecule has 1 aromatic heterocycles. The van der Waals surface area contributed by atoms with E-state index in [4.69, 9.17) is 0 Å². The van der Waals surface area contributed by atoms with E-state index in [0.717, 1.165) is 0 Å². The first kappa shape index (κ1) is 13.2. The molecular weight excluding hydrogens is 344 g/mol. The minimum absolute atomic E-state index is 0. The predicted molar refractivity (Wildman–Crippen MR) is 28.6 cm³/mol. The first-order chi connectivity index (χ1) is 4.30. The van der Waals surface area contributed by atoms with Gasteiger partial charge in [0.25, 0.3) is 0 Å². The number of hydrogen-bond acceptors (Lipinski definition) is 3. The van der Waals surface area contributed by atoms with Gasteiger partial charge < -0.3 is 22.3 Å². The van der Waals surface area contributed by atoms with Gasteiger partial charge in [-0.3, -0.25) is 4.98 Å². The Morgan fingerprint density at radius 1 is 1.45 bits per heavy atom. The van der Waals surface area contributed by atoms with Crippen LogP contribution >= 0.6 is 0 Å². The Labute approximate surface area is 83.3 Å². The van der Waals surface area contributed by atoms with Crippen molar-refractivity contribution in [2.45, 2.75) is 0 Å². The molecule has 0 aliphatic carbocycles. The summed E-state index contributed by atoms with van der Waals surface area (Å²) < 4.78 is 0. The summed E-state index contributed by atoms with van der Waals surface area (Å²) in [5.74, 6) is -1.24. The van der Waals surface area contributed by atoms with Crippen molar-refractivity contribution in [3.8, 4) is 0 Å². The summed E-state index contributed by atoms with van der Waals surface area (Å²) >= 11 is 0. The van der Waals surface area contributed by atoms with E-state index in [-0.39, 0.29) is 37.9 Å². The molecule has 3 nitrogen and oxygen atoms in total. The molecule has 0 saturated carbocycles. The van der Waals surface area contributed by atoms with Crippen LogP contribution in [0.15, 0.2) is 24.4 Å². The summed E-state index contributed by atoms with van der Waals surface area (Å²) in [5, 5.41) is 10.0. The summed E-state index contributed by atoms with van der Waals surface area (Å²) in [5.41, 5.74) is -0.0301. The van der Waals surface area contributed by atoms with Gasteiger partial charge in [-0.05, 0) is 12.1 Å². The third kappa shape index (κ3) is 4.08. The molecule has 1 rings (SSSR count). The average molecular weight is 348 g/mol. The Balaban J connectivity index is 0. The number of halogens is 1. The topological polar surface area (TPSA) is 53.0 Å². The number of carboxylic acid groups (broad SMARTS) is 1. The molecule has 0 aromatic carbocycles. The van der Waals surface area contributed by atoms with Crippen molar-refractivity contribution in [1.29, 1.82) is 0 Å². The Kier molecular flexibility index (Phi) is 7.50. The molecule has 0 spiro atoms. The number of carbonyl (C=O) groups excluding carboxylic acids is 1. The molecular formula is C6H4ClNO2Os. The van der Waals surface area contributed by atoms with Gasteiger partial charge in [0.05, 0.1) is 11.7 Å². The normalized spacial score (nSPS) is 7.27. The standard InChI is InChI=1S/C6H5NO2.ClH.Os/c8-6(9)5-3-1-2-4-7-5;;/h1-4H,(H,8,9);1H;/q;;+2/p-2. The van der Waals surface area contributed by atoms with Crippen LogP contribution in [-0.2, 0) is 19.8 Å². The number of nitrogens with zero attached hydrogens (tertiary/aromatic N) is 1. The SMILES string of the molecule is O=C([O-])c1ccccn1.[Cl-].[Os+2]. The molecule has 60 valence electrons. The van der Waals surface area contributed by atoms with Crippen molar-refractivity contribution in [2.75, 3.05) is 0 Å². The van der Waals surface area contributed by atoms with E-state index in [9.17, 15) is 9.90 Å². The molecule has 1 heterocycles. The number of aromatic nitrogens is 1. The first-order valence-corrected chi connectivity index (χ1v) is 2.43. The van der Waals surface area contributed by atoms with Crippen molar-refractivity contribution in [3.63, 3.8) is 0 Å². The summed E-state index contributed by atoms with van der Waals surface area (Å²) in [4.78, 5) is 13.5. The van der Waals surface area contributed by atoms with Crippen molar-refractivity contribution in [2.24, 2.45) is 0 Å². The van der Waals surface area contributed by atoms with Gasteiger partial charge in [-0.25, -0.2) is 0 Å². The van der Waals surface area contributed by atoms with Gasteiger partial charge >= 0.3 is 19.8 Å². The molecule has 0 unspecified atom stereocenters. The first-order valence-electron chi connectivity index (χ1n) is 2.43. The Hall–Kier alpha value is -0.454. The molecule has 0 fully saturated rings. The fourth-order valence-corrected chi connectivity index (χ4v) is 0.484. The van der Waals surface area contributed by atoms with E-state index in [1.807, 2.05) is 0 Å². The van der Waals surface area contributed by atoms with Crippen LogP contribution in [0.25, 0.3) is 0 Å². The maximum atomic E-state index is 10.0. The van der Waals surface area contributed by atoms with E-state index in [1.54, 1.807) is 12.1 Å². The van der Waals surface area contributed by atoms with Crippen molar-refractivity contribution in [3.05, 3.63) is 30.1 Å². The smallest absolute Gasteiger partial charge is 1.00 e. The minimum Gasteiger partial charge on any atom is -1.00 e. The van der Waals surface area contributed by atoms with Gasteiger partial charge in [-0.15, -0.1) is 0 Å². The summed E-state index contributed by atoms with van der Waals surface area (Å²) in [6.45, 7) is 0. The molecule has 0 aliphatic rings. The van der Waals surface area contributed by atoms with Crippen molar-refractivity contribution in [1.82, 2.24) is 4.98 Å². The number of carbonyl (C=O) groups is 1. The van der Waals surface area contributed by atoms with E-state index in [0.29, 0.717) is 0 Å². The van der Waals surface area contributed by atoms with Crippen LogP contribution < -0.4 is 17.5 Å². The Morgan fingerprint density at radius 2 is 2.09 bits per heavy atom. The second-order valence-electron chi connectivity index (χ2n) is 1.50. The second-order valence-corrected chi connectivity index (χ2v) is 1.50. The van der Waals surface area contributed by atoms with Crippen LogP contribution in [0, 0.1) is 0 Å². The van der Waals surface area contributed by atoms with E-state index in [2.05, 4.69) is 4.98 Å². The molecule has 0 saturated heterocycles. The van der Waals surface area contributed by atoms with Crippen LogP contribution in [0.2, 0.25) is 0 Å². The molecule has 5 heteroatoms. The summed E-state index contributed by atoms with van der Waals surface area (Å²) in [6.07, 6.45) is 1.41. The number of carboxylic acids is 1. The molecule has 0 aliphatic heterocycles. The number of aromatic carboxylic acids is 1. The van der Waals surface area contributed by atoms with Gasteiger partial charge in [0, 0.05) is 6.20 Å². The third-order valence-corrected chi connectivity index (χ3v) is 0.874. The Morgan fingerprint density at radius 3 is 2.36 bits per heavy atom. The molecule has 0 atom stereocenters. The average Bonchev–Trinajstić information content (AvgIpc) is 1.90. The summed E-state index contributed by atoms with van der Waals surface area (Å²) in [7, 11) is 0. The molecule has 0 bridgehead atoms. The van der Waals surface area contributed by atoms with Gasteiger partial charge in [0.2, 0.25) is 0 Å². The number of hydrogen-bond donors (Lipinski definition) is 0. The van der Waals surface area contributed by atoms with E-state index < -0.39 is 5.97 Å². The fraction of sp³-hybridized carbons (Fsp3) is 0. The second kappa shape index (κ2) is 6.27.